The fourth-order valence-corrected chi connectivity index (χ4v) is 5.25. The first-order valence-electron chi connectivity index (χ1n) is 9.75. The van der Waals surface area contributed by atoms with Crippen LogP contribution in [-0.4, -0.2) is 38.8 Å². The minimum absolute atomic E-state index is 0.135. The average Bonchev–Trinajstić information content (AvgIpc) is 2.70. The molecule has 1 saturated heterocycles. The first kappa shape index (κ1) is 21.3. The minimum atomic E-state index is -3.67. The number of methoxy groups -OCH3 is 1. The highest BCUT2D eigenvalue weighted by molar-refractivity contribution is 7.89. The zero-order valence-corrected chi connectivity index (χ0v) is 18.2. The number of hydrogen-bond acceptors (Lipinski definition) is 4. The SMILES string of the molecule is COc1ccc(S(=O)(=O)N2CCC[C@H](C(=O)Nc3cc(C)ccc3C)C2)cc1C. The highest BCUT2D eigenvalue weighted by Gasteiger charge is 2.33. The number of sulfonamides is 1. The molecule has 0 spiro atoms. The number of carbonyl (C=O) groups excluding carboxylic acids is 1. The predicted molar refractivity (Wildman–Crippen MR) is 114 cm³/mol. The summed E-state index contributed by atoms with van der Waals surface area (Å²) < 4.78 is 32.9. The van der Waals surface area contributed by atoms with Crippen molar-refractivity contribution < 1.29 is 17.9 Å². The topological polar surface area (TPSA) is 75.7 Å². The van der Waals surface area contributed by atoms with Crippen LogP contribution in [0.2, 0.25) is 0 Å². The van der Waals surface area contributed by atoms with Gasteiger partial charge in [0.2, 0.25) is 15.9 Å². The Bertz CT molecular complexity index is 1020. The van der Waals surface area contributed by atoms with E-state index in [-0.39, 0.29) is 23.3 Å². The van der Waals surface area contributed by atoms with Crippen LogP contribution < -0.4 is 10.1 Å². The second-order valence-corrected chi connectivity index (χ2v) is 9.58. The number of nitrogens with one attached hydrogen (secondary N) is 1. The van der Waals surface area contributed by atoms with E-state index < -0.39 is 10.0 Å². The molecule has 2 aromatic rings. The van der Waals surface area contributed by atoms with Gasteiger partial charge in [-0.05, 0) is 74.6 Å². The first-order chi connectivity index (χ1) is 13.7. The number of hydrogen-bond donors (Lipinski definition) is 1. The molecule has 1 heterocycles. The van der Waals surface area contributed by atoms with Gasteiger partial charge in [-0.15, -0.1) is 0 Å². The van der Waals surface area contributed by atoms with Crippen LogP contribution in [0.3, 0.4) is 0 Å². The van der Waals surface area contributed by atoms with E-state index in [1.54, 1.807) is 25.3 Å². The van der Waals surface area contributed by atoms with E-state index in [9.17, 15) is 13.2 Å². The maximum Gasteiger partial charge on any atom is 0.243 e. The van der Waals surface area contributed by atoms with Gasteiger partial charge in [0.05, 0.1) is 17.9 Å². The molecule has 7 heteroatoms. The lowest BCUT2D eigenvalue weighted by Crippen LogP contribution is -2.43. The summed E-state index contributed by atoms with van der Waals surface area (Å²) in [5, 5.41) is 2.98. The number of rotatable bonds is 5. The molecule has 156 valence electrons. The summed E-state index contributed by atoms with van der Waals surface area (Å²) >= 11 is 0. The number of carbonyl (C=O) groups is 1. The number of aryl methyl sites for hydroxylation is 3. The Morgan fingerprint density at radius 1 is 1.10 bits per heavy atom. The Labute approximate surface area is 172 Å². The number of ether oxygens (including phenoxy) is 1. The van der Waals surface area contributed by atoms with E-state index in [4.69, 9.17) is 4.74 Å². The smallest absolute Gasteiger partial charge is 0.243 e. The van der Waals surface area contributed by atoms with Crippen LogP contribution >= 0.6 is 0 Å². The molecule has 1 fully saturated rings. The van der Waals surface area contributed by atoms with Crippen LogP contribution in [0.5, 0.6) is 5.75 Å². The Hall–Kier alpha value is -2.38. The molecule has 1 amide bonds. The van der Waals surface area contributed by atoms with Crippen LogP contribution in [0.1, 0.15) is 29.5 Å². The van der Waals surface area contributed by atoms with Gasteiger partial charge in [0.15, 0.2) is 0 Å². The highest BCUT2D eigenvalue weighted by Crippen LogP contribution is 2.28. The van der Waals surface area contributed by atoms with Crippen molar-refractivity contribution in [3.8, 4) is 5.75 Å². The Morgan fingerprint density at radius 3 is 2.55 bits per heavy atom. The van der Waals surface area contributed by atoms with Gasteiger partial charge in [-0.1, -0.05) is 12.1 Å². The molecule has 29 heavy (non-hydrogen) atoms. The van der Waals surface area contributed by atoms with Crippen molar-refractivity contribution in [1.29, 1.82) is 0 Å². The molecule has 0 bridgehead atoms. The molecule has 1 N–H and O–H groups in total. The lowest BCUT2D eigenvalue weighted by Gasteiger charge is -2.31. The summed E-state index contributed by atoms with van der Waals surface area (Å²) in [5.74, 6) is 0.135. The van der Waals surface area contributed by atoms with Gasteiger partial charge in [-0.2, -0.15) is 4.31 Å². The number of benzene rings is 2. The summed E-state index contributed by atoms with van der Waals surface area (Å²) in [6.45, 7) is 6.33. The second kappa shape index (κ2) is 8.55. The van der Waals surface area contributed by atoms with E-state index in [1.165, 1.54) is 4.31 Å². The molecule has 1 aliphatic rings. The Kier molecular flexibility index (Phi) is 6.29. The van der Waals surface area contributed by atoms with Gasteiger partial charge < -0.3 is 10.1 Å². The van der Waals surface area contributed by atoms with E-state index in [1.807, 2.05) is 39.0 Å². The number of nitrogens with zero attached hydrogens (tertiary/aromatic N) is 1. The maximum atomic E-state index is 13.1. The van der Waals surface area contributed by atoms with Crippen molar-refractivity contribution in [2.75, 3.05) is 25.5 Å². The van der Waals surface area contributed by atoms with Crippen molar-refractivity contribution in [2.45, 2.75) is 38.5 Å². The number of piperidine rings is 1. The van der Waals surface area contributed by atoms with Crippen molar-refractivity contribution in [2.24, 2.45) is 5.92 Å². The Balaban J connectivity index is 1.76. The van der Waals surface area contributed by atoms with Gasteiger partial charge in [-0.3, -0.25) is 4.79 Å². The quantitative estimate of drug-likeness (QED) is 0.807. The van der Waals surface area contributed by atoms with Gasteiger partial charge in [-0.25, -0.2) is 8.42 Å². The minimum Gasteiger partial charge on any atom is -0.496 e. The lowest BCUT2D eigenvalue weighted by molar-refractivity contribution is -0.120. The van der Waals surface area contributed by atoms with Crippen LogP contribution in [0.25, 0.3) is 0 Å². The third-order valence-corrected chi connectivity index (χ3v) is 7.27. The zero-order valence-electron chi connectivity index (χ0n) is 17.4. The van der Waals surface area contributed by atoms with Crippen molar-refractivity contribution >= 4 is 21.6 Å². The molecule has 0 aliphatic carbocycles. The fraction of sp³-hybridized carbons (Fsp3) is 0.409. The van der Waals surface area contributed by atoms with E-state index in [0.29, 0.717) is 25.1 Å². The molecule has 3 rings (SSSR count). The second-order valence-electron chi connectivity index (χ2n) is 7.64. The van der Waals surface area contributed by atoms with Gasteiger partial charge in [0.25, 0.3) is 0 Å². The van der Waals surface area contributed by atoms with Gasteiger partial charge >= 0.3 is 0 Å². The van der Waals surface area contributed by atoms with Crippen molar-refractivity contribution in [3.63, 3.8) is 0 Å². The molecule has 6 nitrogen and oxygen atoms in total. The summed E-state index contributed by atoms with van der Waals surface area (Å²) in [7, 11) is -2.11. The van der Waals surface area contributed by atoms with E-state index in [2.05, 4.69) is 5.32 Å². The number of anilines is 1. The Morgan fingerprint density at radius 2 is 1.86 bits per heavy atom. The summed E-state index contributed by atoms with van der Waals surface area (Å²) in [6, 6.07) is 10.7. The summed E-state index contributed by atoms with van der Waals surface area (Å²) in [6.07, 6.45) is 1.32. The molecule has 0 aromatic heterocycles. The maximum absolute atomic E-state index is 13.1. The molecular formula is C22H28N2O4S. The molecule has 0 unspecified atom stereocenters. The fourth-order valence-electron chi connectivity index (χ4n) is 3.64. The molecule has 0 saturated carbocycles. The first-order valence-corrected chi connectivity index (χ1v) is 11.2. The molecular weight excluding hydrogens is 388 g/mol. The molecule has 1 atom stereocenters. The normalized spacial score (nSPS) is 17.7. The van der Waals surface area contributed by atoms with Crippen molar-refractivity contribution in [3.05, 3.63) is 53.1 Å². The average molecular weight is 417 g/mol. The van der Waals surface area contributed by atoms with Crippen LogP contribution in [0.4, 0.5) is 5.69 Å². The van der Waals surface area contributed by atoms with E-state index >= 15 is 0 Å². The molecule has 1 aliphatic heterocycles. The van der Waals surface area contributed by atoms with E-state index in [0.717, 1.165) is 22.4 Å². The molecule has 2 aromatic carbocycles. The van der Waals surface area contributed by atoms with Crippen molar-refractivity contribution in [1.82, 2.24) is 4.31 Å². The standard InChI is InChI=1S/C22H28N2O4S/c1-15-7-8-16(2)20(12-15)23-22(25)18-6-5-11-24(14-18)29(26,27)19-9-10-21(28-4)17(3)13-19/h7-10,12-13,18H,5-6,11,14H2,1-4H3,(H,23,25)/t18-/m0/s1. The largest absolute Gasteiger partial charge is 0.496 e. The van der Waals surface area contributed by atoms with Crippen LogP contribution in [0, 0.1) is 26.7 Å². The van der Waals surface area contributed by atoms with Gasteiger partial charge in [0.1, 0.15) is 5.75 Å². The predicted octanol–water partition coefficient (Wildman–Crippen LogP) is 3.66. The summed E-state index contributed by atoms with van der Waals surface area (Å²) in [5.41, 5.74) is 3.59. The number of amides is 1. The summed E-state index contributed by atoms with van der Waals surface area (Å²) in [4.78, 5) is 13.1. The van der Waals surface area contributed by atoms with Crippen LogP contribution in [-0.2, 0) is 14.8 Å². The molecule has 0 radical (unpaired) electrons. The third kappa shape index (κ3) is 4.62. The third-order valence-electron chi connectivity index (χ3n) is 5.41. The highest BCUT2D eigenvalue weighted by atomic mass is 32.2. The lowest BCUT2D eigenvalue weighted by atomic mass is 9.98. The van der Waals surface area contributed by atoms with Crippen LogP contribution in [0.15, 0.2) is 41.3 Å². The monoisotopic (exact) mass is 416 g/mol. The van der Waals surface area contributed by atoms with Gasteiger partial charge in [0, 0.05) is 18.8 Å². The zero-order chi connectivity index (χ0) is 21.2.